The number of fused-ring (bicyclic) bond motifs is 1. The Hall–Kier alpha value is -2.50. The number of thioether (sulfide) groups is 1. The van der Waals surface area contributed by atoms with Crippen LogP contribution in [0.3, 0.4) is 0 Å². The average molecular weight is 391 g/mol. The lowest BCUT2D eigenvalue weighted by atomic mass is 10.1. The maximum absolute atomic E-state index is 12.8. The second-order valence-corrected chi connectivity index (χ2v) is 8.13. The van der Waals surface area contributed by atoms with Gasteiger partial charge >= 0.3 is 0 Å². The molecule has 0 bridgehead atoms. The molecule has 0 saturated carbocycles. The van der Waals surface area contributed by atoms with E-state index in [0.717, 1.165) is 28.6 Å². The zero-order chi connectivity index (χ0) is 18.8. The SMILES string of the molecule is Cc1cccc2ccc(/C=C3\SC(=S)N(CCc4ccccc4)C3=O)nc12. The van der Waals surface area contributed by atoms with E-state index < -0.39 is 0 Å². The average Bonchev–Trinajstić information content (AvgIpc) is 2.94. The van der Waals surface area contributed by atoms with Crippen LogP contribution in [0.5, 0.6) is 0 Å². The van der Waals surface area contributed by atoms with Gasteiger partial charge in [0, 0.05) is 11.9 Å². The fraction of sp³-hybridized carbons (Fsp3) is 0.136. The van der Waals surface area contributed by atoms with Gasteiger partial charge in [-0.1, -0.05) is 78.6 Å². The van der Waals surface area contributed by atoms with Crippen molar-refractivity contribution in [3.05, 3.63) is 82.4 Å². The summed E-state index contributed by atoms with van der Waals surface area (Å²) in [5, 5.41) is 1.10. The zero-order valence-electron chi connectivity index (χ0n) is 14.9. The largest absolute Gasteiger partial charge is 0.293 e. The number of nitrogens with zero attached hydrogens (tertiary/aromatic N) is 2. The van der Waals surface area contributed by atoms with Crippen molar-refractivity contribution in [2.45, 2.75) is 13.3 Å². The molecule has 1 aliphatic rings. The number of para-hydroxylation sites is 1. The number of hydrogen-bond acceptors (Lipinski definition) is 4. The molecule has 2 heterocycles. The highest BCUT2D eigenvalue weighted by Gasteiger charge is 2.31. The van der Waals surface area contributed by atoms with Gasteiger partial charge in [0.15, 0.2) is 0 Å². The van der Waals surface area contributed by atoms with E-state index in [1.54, 1.807) is 4.90 Å². The molecule has 1 aromatic heterocycles. The molecule has 0 radical (unpaired) electrons. The van der Waals surface area contributed by atoms with Gasteiger partial charge in [-0.25, -0.2) is 4.98 Å². The Morgan fingerprint density at radius 3 is 2.70 bits per heavy atom. The highest BCUT2D eigenvalue weighted by molar-refractivity contribution is 8.26. The molecule has 4 rings (SSSR count). The predicted molar refractivity (Wildman–Crippen MR) is 117 cm³/mol. The summed E-state index contributed by atoms with van der Waals surface area (Å²) in [5.41, 5.74) is 4.06. The number of amides is 1. The summed E-state index contributed by atoms with van der Waals surface area (Å²) < 4.78 is 0.610. The van der Waals surface area contributed by atoms with Gasteiger partial charge in [-0.15, -0.1) is 0 Å². The van der Waals surface area contributed by atoms with Gasteiger partial charge in [-0.2, -0.15) is 0 Å². The molecule has 5 heteroatoms. The number of pyridine rings is 1. The fourth-order valence-electron chi connectivity index (χ4n) is 3.10. The standard InChI is InChI=1S/C22H18N2OS2/c1-15-6-5-9-17-10-11-18(23-20(15)17)14-19-21(25)24(22(26)27-19)13-12-16-7-3-2-4-8-16/h2-11,14H,12-13H2,1H3/b19-14-. The van der Waals surface area contributed by atoms with Crippen LogP contribution in [-0.4, -0.2) is 26.7 Å². The summed E-state index contributed by atoms with van der Waals surface area (Å²) >= 11 is 6.78. The first-order valence-corrected chi connectivity index (χ1v) is 10.00. The van der Waals surface area contributed by atoms with Crippen molar-refractivity contribution in [1.82, 2.24) is 9.88 Å². The first-order chi connectivity index (χ1) is 13.1. The maximum Gasteiger partial charge on any atom is 0.266 e. The quantitative estimate of drug-likeness (QED) is 0.464. The molecular formula is C22H18N2OS2. The van der Waals surface area contributed by atoms with Crippen LogP contribution in [0.15, 0.2) is 65.6 Å². The van der Waals surface area contributed by atoms with Crippen LogP contribution >= 0.6 is 24.0 Å². The first-order valence-electron chi connectivity index (χ1n) is 8.77. The van der Waals surface area contributed by atoms with Crippen LogP contribution < -0.4 is 0 Å². The van der Waals surface area contributed by atoms with Crippen LogP contribution in [-0.2, 0) is 11.2 Å². The third-order valence-corrected chi connectivity index (χ3v) is 5.94. The minimum absolute atomic E-state index is 0.0346. The van der Waals surface area contributed by atoms with Crippen LogP contribution in [0.4, 0.5) is 0 Å². The molecule has 3 aromatic rings. The van der Waals surface area contributed by atoms with Crippen molar-refractivity contribution in [2.24, 2.45) is 0 Å². The van der Waals surface area contributed by atoms with Crippen LogP contribution in [0, 0.1) is 6.92 Å². The Kier molecular flexibility index (Phi) is 5.05. The van der Waals surface area contributed by atoms with E-state index in [4.69, 9.17) is 17.2 Å². The van der Waals surface area contributed by atoms with E-state index in [2.05, 4.69) is 12.1 Å². The smallest absolute Gasteiger partial charge is 0.266 e. The Bertz CT molecular complexity index is 1060. The molecule has 3 nitrogen and oxygen atoms in total. The summed E-state index contributed by atoms with van der Waals surface area (Å²) in [6.45, 7) is 2.64. The minimum atomic E-state index is -0.0346. The lowest BCUT2D eigenvalue weighted by molar-refractivity contribution is -0.122. The second kappa shape index (κ2) is 7.62. The van der Waals surface area contributed by atoms with E-state index in [-0.39, 0.29) is 5.91 Å². The molecule has 0 N–H and O–H groups in total. The molecule has 0 spiro atoms. The van der Waals surface area contributed by atoms with E-state index in [9.17, 15) is 4.79 Å². The number of thiocarbonyl (C=S) groups is 1. The van der Waals surface area contributed by atoms with Gasteiger partial charge in [0.25, 0.3) is 5.91 Å². The molecule has 1 aliphatic heterocycles. The molecule has 2 aromatic carbocycles. The third-order valence-electron chi connectivity index (χ3n) is 4.56. The predicted octanol–water partition coefficient (Wildman–Crippen LogP) is 4.99. The number of aryl methyl sites for hydroxylation is 1. The third kappa shape index (κ3) is 3.80. The lowest BCUT2D eigenvalue weighted by Crippen LogP contribution is -2.30. The number of hydrogen-bond donors (Lipinski definition) is 0. The molecule has 134 valence electrons. The van der Waals surface area contributed by atoms with Gasteiger partial charge in [0.2, 0.25) is 0 Å². The van der Waals surface area contributed by atoms with Gasteiger partial charge in [-0.05, 0) is 36.6 Å². The van der Waals surface area contributed by atoms with E-state index >= 15 is 0 Å². The Labute approximate surface area is 168 Å². The fourth-order valence-corrected chi connectivity index (χ4v) is 4.40. The normalized spacial score (nSPS) is 15.9. The maximum atomic E-state index is 12.8. The topological polar surface area (TPSA) is 33.2 Å². The lowest BCUT2D eigenvalue weighted by Gasteiger charge is -2.14. The van der Waals surface area contributed by atoms with E-state index in [1.165, 1.54) is 17.3 Å². The molecule has 1 saturated heterocycles. The van der Waals surface area contributed by atoms with Crippen LogP contribution in [0.25, 0.3) is 17.0 Å². The molecule has 1 amide bonds. The molecule has 0 aliphatic carbocycles. The van der Waals surface area contributed by atoms with E-state index in [1.807, 2.05) is 61.5 Å². The number of carbonyl (C=O) groups excluding carboxylic acids is 1. The monoisotopic (exact) mass is 390 g/mol. The molecule has 27 heavy (non-hydrogen) atoms. The molecular weight excluding hydrogens is 372 g/mol. The minimum Gasteiger partial charge on any atom is -0.293 e. The van der Waals surface area contributed by atoms with Gasteiger partial charge < -0.3 is 0 Å². The van der Waals surface area contributed by atoms with Crippen molar-refractivity contribution >= 4 is 51.2 Å². The molecule has 1 fully saturated rings. The van der Waals surface area contributed by atoms with Crippen molar-refractivity contribution < 1.29 is 4.79 Å². The highest BCUT2D eigenvalue weighted by Crippen LogP contribution is 2.32. The van der Waals surface area contributed by atoms with Gasteiger partial charge in [0.05, 0.1) is 16.1 Å². The summed E-state index contributed by atoms with van der Waals surface area (Å²) in [7, 11) is 0. The van der Waals surface area contributed by atoms with Gasteiger partial charge in [0.1, 0.15) is 4.32 Å². The van der Waals surface area contributed by atoms with Crippen LogP contribution in [0.1, 0.15) is 16.8 Å². The number of carbonyl (C=O) groups is 1. The van der Waals surface area contributed by atoms with Crippen molar-refractivity contribution in [3.63, 3.8) is 0 Å². The molecule has 0 unspecified atom stereocenters. The van der Waals surface area contributed by atoms with Crippen molar-refractivity contribution in [3.8, 4) is 0 Å². The zero-order valence-corrected chi connectivity index (χ0v) is 16.5. The summed E-state index contributed by atoms with van der Waals surface area (Å²) in [6.07, 6.45) is 2.63. The van der Waals surface area contributed by atoms with Crippen molar-refractivity contribution in [1.29, 1.82) is 0 Å². The first kappa shape index (κ1) is 17.9. The Balaban J connectivity index is 1.55. The number of rotatable bonds is 4. The van der Waals surface area contributed by atoms with Gasteiger partial charge in [-0.3, -0.25) is 9.69 Å². The number of aromatic nitrogens is 1. The Morgan fingerprint density at radius 2 is 1.89 bits per heavy atom. The second-order valence-electron chi connectivity index (χ2n) is 6.45. The summed E-state index contributed by atoms with van der Waals surface area (Å²) in [5.74, 6) is -0.0346. The Morgan fingerprint density at radius 1 is 1.07 bits per heavy atom. The van der Waals surface area contributed by atoms with Crippen molar-refractivity contribution in [2.75, 3.05) is 6.54 Å². The summed E-state index contributed by atoms with van der Waals surface area (Å²) in [6, 6.07) is 20.2. The number of benzene rings is 2. The summed E-state index contributed by atoms with van der Waals surface area (Å²) in [4.78, 5) is 19.8. The van der Waals surface area contributed by atoms with Crippen LogP contribution in [0.2, 0.25) is 0 Å². The molecule has 0 atom stereocenters. The highest BCUT2D eigenvalue weighted by atomic mass is 32.2. The van der Waals surface area contributed by atoms with E-state index in [0.29, 0.717) is 15.8 Å².